The maximum Gasteiger partial charge on any atom is 2.00 e. The van der Waals surface area contributed by atoms with E-state index in [4.69, 9.17) is 15.0 Å². The molecule has 0 aromatic heterocycles. The van der Waals surface area contributed by atoms with Crippen molar-refractivity contribution in [1.82, 2.24) is 6.15 Å². The maximum absolute atomic E-state index is 8.33. The van der Waals surface area contributed by atoms with E-state index in [2.05, 4.69) is 0 Å². The molecule has 0 aromatic rings. The number of carbonyl (C=O) groups excluding carboxylic acids is 1. The maximum atomic E-state index is 8.33. The predicted molar refractivity (Wildman–Crippen MR) is 11.4 cm³/mol. The molecule has 0 aliphatic rings. The van der Waals surface area contributed by atoms with Gasteiger partial charge in [0.15, 0.2) is 0 Å². The van der Waals surface area contributed by atoms with Crippen LogP contribution < -0.4 is 16.4 Å². The summed E-state index contributed by atoms with van der Waals surface area (Å²) in [7, 11) is 0. The van der Waals surface area contributed by atoms with Crippen LogP contribution in [0.3, 0.4) is 0 Å². The summed E-state index contributed by atoms with van der Waals surface area (Å²) in [6.07, 6.45) is -2.33. The number of quaternary nitrogens is 1. The Balaban J connectivity index is -0.0000000450. The zero-order valence-corrected chi connectivity index (χ0v) is 4.03. The van der Waals surface area contributed by atoms with Gasteiger partial charge in [-0.05, 0) is 6.16 Å². The molecule has 0 radical (unpaired) electrons. The van der Waals surface area contributed by atoms with Crippen molar-refractivity contribution in [2.45, 2.75) is 0 Å². The van der Waals surface area contributed by atoms with Crippen LogP contribution in [-0.4, -0.2) is 6.16 Å². The van der Waals surface area contributed by atoms with Crippen LogP contribution in [0, 0.1) is 0 Å². The van der Waals surface area contributed by atoms with E-state index in [1.807, 2.05) is 0 Å². The molecule has 0 rings (SSSR count). The molecule has 0 fully saturated rings. The van der Waals surface area contributed by atoms with E-state index in [1.54, 1.807) is 0 Å². The molecule has 0 saturated heterocycles. The molecule has 5 heteroatoms. The Labute approximate surface area is 44.7 Å². The first kappa shape index (κ1) is 17.2. The smallest absolute Gasteiger partial charge is 0.652 e. The van der Waals surface area contributed by atoms with Gasteiger partial charge in [-0.1, -0.05) is 0 Å². The van der Waals surface area contributed by atoms with Gasteiger partial charge in [-0.15, -0.1) is 0 Å². The molecule has 4 nitrogen and oxygen atoms in total. The Morgan fingerprint density at radius 3 is 1.33 bits per heavy atom. The standard InChI is InChI=1S/CH2O3.H3N.Ni/c2-1(3)4;;/h(H2,2,3,4);1H3;/q;;+2/p-1. The molecule has 0 aliphatic carbocycles. The first-order chi connectivity index (χ1) is 1.73. The summed E-state index contributed by atoms with van der Waals surface area (Å²) in [5.41, 5.74) is 0. The van der Waals surface area contributed by atoms with Crippen molar-refractivity contribution in [1.29, 1.82) is 0 Å². The molecule has 0 bridgehead atoms. The quantitative estimate of drug-likeness (QED) is 0.387. The summed E-state index contributed by atoms with van der Waals surface area (Å²) in [5, 5.41) is 16.7. The minimum atomic E-state index is -2.33. The third kappa shape index (κ3) is 361. The van der Waals surface area contributed by atoms with Crippen molar-refractivity contribution in [3.63, 3.8) is 0 Å². The minimum absolute atomic E-state index is 0. The molecular weight excluding hydrogens is 133 g/mol. The summed E-state index contributed by atoms with van der Waals surface area (Å²) in [5.74, 6) is 0. The molecule has 6 heavy (non-hydrogen) atoms. The van der Waals surface area contributed by atoms with Crippen LogP contribution in [0.2, 0.25) is 0 Å². The van der Waals surface area contributed by atoms with E-state index in [0.29, 0.717) is 0 Å². The Hall–Kier alpha value is -0.276. The van der Waals surface area contributed by atoms with Crippen LogP contribution in [0.5, 0.6) is 0 Å². The number of hydrogen-bond acceptors (Lipinski definition) is 3. The molecule has 0 unspecified atom stereocenters. The average molecular weight is 137 g/mol. The van der Waals surface area contributed by atoms with E-state index in [9.17, 15) is 0 Å². The van der Waals surface area contributed by atoms with Crippen molar-refractivity contribution in [2.75, 3.05) is 0 Å². The fraction of sp³-hybridized carbons (Fsp3) is 0. The Bertz CT molecular complexity index is 33.8. The topological polar surface area (TPSA) is 99.7 Å². The fourth-order valence-electron chi connectivity index (χ4n) is 0. The van der Waals surface area contributed by atoms with Gasteiger partial charge in [-0.2, -0.15) is 0 Å². The van der Waals surface area contributed by atoms with Gasteiger partial charge in [0.1, 0.15) is 0 Å². The van der Waals surface area contributed by atoms with Crippen LogP contribution in [-0.2, 0) is 16.5 Å². The van der Waals surface area contributed by atoms with Crippen molar-refractivity contribution in [3.05, 3.63) is 0 Å². The third-order valence-corrected chi connectivity index (χ3v) is 0. The number of carboxylic acid groups (broad SMARTS) is 2. The number of carbonyl (C=O) groups is 1. The summed E-state index contributed by atoms with van der Waals surface area (Å²) in [4.78, 5) is 8.33. The zero-order chi connectivity index (χ0) is 3.58. The largest absolute Gasteiger partial charge is 2.00 e. The van der Waals surface area contributed by atoms with Gasteiger partial charge in [0.2, 0.25) is 0 Å². The van der Waals surface area contributed by atoms with Crippen LogP contribution in [0.1, 0.15) is 0 Å². The zero-order valence-electron chi connectivity index (χ0n) is 3.04. The summed E-state index contributed by atoms with van der Waals surface area (Å²) in [6.45, 7) is 0. The van der Waals surface area contributed by atoms with Crippen LogP contribution in [0.15, 0.2) is 0 Å². The first-order valence-electron chi connectivity index (χ1n) is 0.612. The minimum Gasteiger partial charge on any atom is -0.652 e. The van der Waals surface area contributed by atoms with Gasteiger partial charge in [0, 0.05) is 0 Å². The average Bonchev–Trinajstić information content (AvgIpc) is 0.811. The second-order valence-electron chi connectivity index (χ2n) is 0.250. The van der Waals surface area contributed by atoms with Crippen LogP contribution in [0.25, 0.3) is 0 Å². The van der Waals surface area contributed by atoms with Gasteiger partial charge in [-0.25, -0.2) is 0 Å². The molecule has 0 amide bonds. The summed E-state index contributed by atoms with van der Waals surface area (Å²) >= 11 is 0. The van der Waals surface area contributed by atoms with Gasteiger partial charge in [-0.3, -0.25) is 0 Å². The Morgan fingerprint density at radius 1 is 1.33 bits per heavy atom. The third-order valence-electron chi connectivity index (χ3n) is 0. The van der Waals surface area contributed by atoms with Crippen LogP contribution >= 0.6 is 0 Å². The van der Waals surface area contributed by atoms with Gasteiger partial charge in [0.25, 0.3) is 0 Å². The molecule has 4 N–H and O–H groups in total. The summed E-state index contributed by atoms with van der Waals surface area (Å²) < 4.78 is 0. The van der Waals surface area contributed by atoms with E-state index in [0.717, 1.165) is 0 Å². The van der Waals surface area contributed by atoms with Gasteiger partial charge >= 0.3 is 16.5 Å². The van der Waals surface area contributed by atoms with Crippen molar-refractivity contribution in [2.24, 2.45) is 0 Å². The monoisotopic (exact) mass is 136 g/mol. The predicted octanol–water partition coefficient (Wildman–Crippen LogP) is -2.07. The molecular formula is CH4NNiO3+. The first-order valence-corrected chi connectivity index (χ1v) is 0.612. The molecule has 0 atom stereocenters. The molecule has 40 valence electrons. The van der Waals surface area contributed by atoms with Crippen molar-refractivity contribution < 1.29 is 31.5 Å². The molecule has 0 aromatic carbocycles. The van der Waals surface area contributed by atoms with Gasteiger partial charge < -0.3 is 21.2 Å². The van der Waals surface area contributed by atoms with E-state index < -0.39 is 6.16 Å². The van der Waals surface area contributed by atoms with Gasteiger partial charge in [0.05, 0.1) is 0 Å². The SMILES string of the molecule is O=C([O-])[O-].[NH4+].[Ni+2]. The fourth-order valence-corrected chi connectivity index (χ4v) is 0. The summed E-state index contributed by atoms with van der Waals surface area (Å²) in [6, 6.07) is 0. The second-order valence-corrected chi connectivity index (χ2v) is 0.250. The van der Waals surface area contributed by atoms with Crippen LogP contribution in [0.4, 0.5) is 4.79 Å². The number of rotatable bonds is 0. The Kier molecular flexibility index (Phi) is 25.3. The van der Waals surface area contributed by atoms with E-state index in [1.165, 1.54) is 0 Å². The number of hydrogen-bond donors (Lipinski definition) is 1. The van der Waals surface area contributed by atoms with Crippen molar-refractivity contribution >= 4 is 6.16 Å². The molecule has 0 spiro atoms. The van der Waals surface area contributed by atoms with Crippen molar-refractivity contribution in [3.8, 4) is 0 Å². The van der Waals surface area contributed by atoms with E-state index >= 15 is 0 Å². The normalized spacial score (nSPS) is 4.00. The second kappa shape index (κ2) is 8.83. The molecule has 0 aliphatic heterocycles. The Morgan fingerprint density at radius 2 is 1.33 bits per heavy atom. The molecule has 0 saturated carbocycles. The molecule has 0 heterocycles. The van der Waals surface area contributed by atoms with E-state index in [-0.39, 0.29) is 22.6 Å².